The number of rotatable bonds is 2. The van der Waals surface area contributed by atoms with E-state index in [0.717, 1.165) is 16.3 Å². The number of aryl methyl sites for hydroxylation is 1. The van der Waals surface area contributed by atoms with Gasteiger partial charge in [0.1, 0.15) is 0 Å². The number of carbonyl (C=O) groups is 1. The Balaban J connectivity index is 2.17. The molecule has 0 aliphatic rings. The van der Waals surface area contributed by atoms with Crippen molar-refractivity contribution in [2.75, 3.05) is 0 Å². The van der Waals surface area contributed by atoms with Gasteiger partial charge in [0.15, 0.2) is 11.5 Å². The van der Waals surface area contributed by atoms with Gasteiger partial charge in [0.05, 0.1) is 16.0 Å². The molecule has 3 heterocycles. The van der Waals surface area contributed by atoms with Crippen LogP contribution in [0.1, 0.15) is 15.9 Å². The van der Waals surface area contributed by atoms with Crippen LogP contribution < -0.4 is 0 Å². The Kier molecular flexibility index (Phi) is 2.38. The van der Waals surface area contributed by atoms with Crippen molar-refractivity contribution in [2.45, 2.75) is 6.92 Å². The summed E-state index contributed by atoms with van der Waals surface area (Å²) in [5.74, 6) is -0.264. The van der Waals surface area contributed by atoms with E-state index in [4.69, 9.17) is 5.11 Å². The van der Waals surface area contributed by atoms with Gasteiger partial charge >= 0.3 is 5.97 Å². The minimum absolute atomic E-state index is 0.153. The van der Waals surface area contributed by atoms with E-state index in [-0.39, 0.29) is 5.56 Å². The van der Waals surface area contributed by atoms with Crippen molar-refractivity contribution >= 4 is 28.5 Å². The Hall–Kier alpha value is -2.21. The second-order valence-electron chi connectivity index (χ2n) is 3.92. The van der Waals surface area contributed by atoms with Gasteiger partial charge in [-0.3, -0.25) is 0 Å². The number of H-pyrrole nitrogens is 1. The highest BCUT2D eigenvalue weighted by atomic mass is 32.1. The normalized spacial score (nSPS) is 10.9. The van der Waals surface area contributed by atoms with Gasteiger partial charge in [-0.05, 0) is 30.0 Å². The number of aromatic amines is 1. The fourth-order valence-corrected chi connectivity index (χ4v) is 2.61. The molecule has 3 aromatic heterocycles. The molecule has 6 heteroatoms. The van der Waals surface area contributed by atoms with E-state index in [2.05, 4.69) is 15.0 Å². The quantitative estimate of drug-likeness (QED) is 0.741. The maximum atomic E-state index is 10.9. The Morgan fingerprint density at radius 1 is 1.50 bits per heavy atom. The first-order valence-corrected chi connectivity index (χ1v) is 6.16. The molecule has 18 heavy (non-hydrogen) atoms. The molecule has 3 aromatic rings. The number of aromatic nitrogens is 3. The van der Waals surface area contributed by atoms with E-state index in [9.17, 15) is 4.79 Å². The Bertz CT molecular complexity index is 745. The summed E-state index contributed by atoms with van der Waals surface area (Å²) in [6, 6.07) is 3.56. The standard InChI is InChI=1S/C12H9N3O2S/c1-6-2-3-18-9(6)11-14-8-4-7(12(16)17)5-13-10(8)15-11/h2-5H,1H3,(H,16,17)(H,13,14,15). The SMILES string of the molecule is Cc1ccsc1-c1nc2ncc(C(=O)O)cc2[nH]1. The molecular formula is C12H9N3O2S. The molecule has 0 amide bonds. The van der Waals surface area contributed by atoms with Crippen molar-refractivity contribution < 1.29 is 9.90 Å². The number of thiophene rings is 1. The summed E-state index contributed by atoms with van der Waals surface area (Å²) in [6.45, 7) is 2.01. The topological polar surface area (TPSA) is 78.9 Å². The van der Waals surface area contributed by atoms with Crippen LogP contribution in [0.2, 0.25) is 0 Å². The monoisotopic (exact) mass is 259 g/mol. The number of imidazole rings is 1. The number of carboxylic acid groups (broad SMARTS) is 1. The third-order valence-electron chi connectivity index (χ3n) is 2.66. The van der Waals surface area contributed by atoms with Gasteiger partial charge < -0.3 is 10.1 Å². The maximum absolute atomic E-state index is 10.9. The molecule has 0 saturated carbocycles. The van der Waals surface area contributed by atoms with Crippen LogP contribution in [0.4, 0.5) is 0 Å². The second-order valence-corrected chi connectivity index (χ2v) is 4.83. The highest BCUT2D eigenvalue weighted by Crippen LogP contribution is 2.28. The lowest BCUT2D eigenvalue weighted by Crippen LogP contribution is -1.96. The number of hydrogen-bond acceptors (Lipinski definition) is 4. The van der Waals surface area contributed by atoms with Gasteiger partial charge in [-0.2, -0.15) is 0 Å². The Labute approximate surface area is 106 Å². The molecule has 0 bridgehead atoms. The zero-order chi connectivity index (χ0) is 12.7. The van der Waals surface area contributed by atoms with Crippen LogP contribution in [0.5, 0.6) is 0 Å². The van der Waals surface area contributed by atoms with E-state index in [1.807, 2.05) is 18.4 Å². The first-order valence-electron chi connectivity index (χ1n) is 5.28. The second kappa shape index (κ2) is 3.92. The van der Waals surface area contributed by atoms with Crippen LogP contribution in [0.25, 0.3) is 21.9 Å². The highest BCUT2D eigenvalue weighted by molar-refractivity contribution is 7.13. The van der Waals surface area contributed by atoms with Gasteiger partial charge in [0.2, 0.25) is 0 Å². The molecule has 0 radical (unpaired) electrons. The third-order valence-corrected chi connectivity index (χ3v) is 3.68. The lowest BCUT2D eigenvalue weighted by atomic mass is 10.3. The number of hydrogen-bond donors (Lipinski definition) is 2. The van der Waals surface area contributed by atoms with E-state index >= 15 is 0 Å². The molecule has 2 N–H and O–H groups in total. The molecule has 0 unspecified atom stereocenters. The van der Waals surface area contributed by atoms with Gasteiger partial charge in [0, 0.05) is 6.20 Å². The van der Waals surface area contributed by atoms with Gasteiger partial charge in [-0.25, -0.2) is 14.8 Å². The summed E-state index contributed by atoms with van der Waals surface area (Å²) in [5, 5.41) is 10.9. The van der Waals surface area contributed by atoms with E-state index < -0.39 is 5.97 Å². The lowest BCUT2D eigenvalue weighted by Gasteiger charge is -1.92. The summed E-state index contributed by atoms with van der Waals surface area (Å²) in [5.41, 5.74) is 2.46. The number of aromatic carboxylic acids is 1. The molecule has 5 nitrogen and oxygen atoms in total. The predicted octanol–water partition coefficient (Wildman–Crippen LogP) is 2.69. The highest BCUT2D eigenvalue weighted by Gasteiger charge is 2.11. The average molecular weight is 259 g/mol. The van der Waals surface area contributed by atoms with Gasteiger partial charge in [-0.15, -0.1) is 11.3 Å². The third kappa shape index (κ3) is 1.67. The molecule has 0 atom stereocenters. The van der Waals surface area contributed by atoms with E-state index in [1.54, 1.807) is 17.4 Å². The van der Waals surface area contributed by atoms with E-state index in [1.165, 1.54) is 6.20 Å². The van der Waals surface area contributed by atoms with Gasteiger partial charge in [0.25, 0.3) is 0 Å². The number of nitrogens with one attached hydrogen (secondary N) is 1. The minimum atomic E-state index is -0.993. The first kappa shape index (κ1) is 10.9. The summed E-state index contributed by atoms with van der Waals surface area (Å²) < 4.78 is 0. The van der Waals surface area contributed by atoms with Crippen molar-refractivity contribution in [1.82, 2.24) is 15.0 Å². The number of pyridine rings is 1. The van der Waals surface area contributed by atoms with Crippen molar-refractivity contribution in [2.24, 2.45) is 0 Å². The van der Waals surface area contributed by atoms with Crippen LogP contribution >= 0.6 is 11.3 Å². The zero-order valence-corrected chi connectivity index (χ0v) is 10.3. The largest absolute Gasteiger partial charge is 0.478 e. The number of carboxylic acids is 1. The number of fused-ring (bicyclic) bond motifs is 1. The Morgan fingerprint density at radius 3 is 3.00 bits per heavy atom. The molecular weight excluding hydrogens is 250 g/mol. The van der Waals surface area contributed by atoms with Gasteiger partial charge in [-0.1, -0.05) is 0 Å². The molecule has 0 fully saturated rings. The van der Waals surface area contributed by atoms with Crippen LogP contribution in [-0.4, -0.2) is 26.0 Å². The summed E-state index contributed by atoms with van der Waals surface area (Å²) in [7, 11) is 0. The van der Waals surface area contributed by atoms with Crippen molar-refractivity contribution in [1.29, 1.82) is 0 Å². The number of nitrogens with zero attached hydrogens (tertiary/aromatic N) is 2. The summed E-state index contributed by atoms with van der Waals surface area (Å²) >= 11 is 1.59. The van der Waals surface area contributed by atoms with Crippen LogP contribution in [0.3, 0.4) is 0 Å². The van der Waals surface area contributed by atoms with E-state index in [0.29, 0.717) is 11.2 Å². The maximum Gasteiger partial charge on any atom is 0.337 e. The molecule has 0 aromatic carbocycles. The molecule has 0 saturated heterocycles. The molecule has 3 rings (SSSR count). The first-order chi connectivity index (χ1) is 8.65. The lowest BCUT2D eigenvalue weighted by molar-refractivity contribution is 0.0696. The average Bonchev–Trinajstić information content (AvgIpc) is 2.92. The fourth-order valence-electron chi connectivity index (χ4n) is 1.74. The van der Waals surface area contributed by atoms with Crippen molar-refractivity contribution in [3.63, 3.8) is 0 Å². The van der Waals surface area contributed by atoms with Crippen LogP contribution in [-0.2, 0) is 0 Å². The molecule has 0 spiro atoms. The van der Waals surface area contributed by atoms with Crippen molar-refractivity contribution in [3.05, 3.63) is 34.8 Å². The van der Waals surface area contributed by atoms with Crippen LogP contribution in [0.15, 0.2) is 23.7 Å². The fraction of sp³-hybridized carbons (Fsp3) is 0.0833. The van der Waals surface area contributed by atoms with Crippen molar-refractivity contribution in [3.8, 4) is 10.7 Å². The molecule has 0 aliphatic heterocycles. The predicted molar refractivity (Wildman–Crippen MR) is 68.9 cm³/mol. The Morgan fingerprint density at radius 2 is 2.33 bits per heavy atom. The summed E-state index contributed by atoms with van der Waals surface area (Å²) in [4.78, 5) is 23.4. The van der Waals surface area contributed by atoms with Crippen LogP contribution in [0, 0.1) is 6.92 Å². The minimum Gasteiger partial charge on any atom is -0.478 e. The zero-order valence-electron chi connectivity index (χ0n) is 9.47. The summed E-state index contributed by atoms with van der Waals surface area (Å²) in [6.07, 6.45) is 1.32. The molecule has 0 aliphatic carbocycles. The molecule has 90 valence electrons. The smallest absolute Gasteiger partial charge is 0.337 e.